The maximum atomic E-state index is 11.4. The van der Waals surface area contributed by atoms with Crippen LogP contribution in [0.3, 0.4) is 0 Å². The zero-order chi connectivity index (χ0) is 18.0. The Labute approximate surface area is 160 Å². The molecule has 0 aliphatic carbocycles. The fourth-order valence-electron chi connectivity index (χ4n) is 4.17. The lowest BCUT2D eigenvalue weighted by molar-refractivity contribution is -0.756. The second-order valence-electron chi connectivity index (χ2n) is 7.27. The van der Waals surface area contributed by atoms with Gasteiger partial charge in [-0.15, -0.1) is 0 Å². The number of piperidine rings is 1. The average molecular weight is 379 g/mol. The molecule has 1 aliphatic heterocycles. The van der Waals surface area contributed by atoms with E-state index in [2.05, 4.69) is 43.4 Å². The van der Waals surface area contributed by atoms with Crippen LogP contribution in [0.25, 0.3) is 0 Å². The largest absolute Gasteiger partial charge is 0.389 e. The molecule has 1 saturated heterocycles. The summed E-state index contributed by atoms with van der Waals surface area (Å²) in [6.45, 7) is 4.31. The van der Waals surface area contributed by atoms with Crippen molar-refractivity contribution in [1.82, 2.24) is 0 Å². The molecule has 2 nitrogen and oxygen atoms in total. The molecule has 0 radical (unpaired) electrons. The van der Waals surface area contributed by atoms with Crippen LogP contribution < -0.4 is 5.32 Å². The van der Waals surface area contributed by atoms with Gasteiger partial charge in [0.05, 0.1) is 5.60 Å². The normalized spacial score (nSPS) is 29.6. The number of benzene rings is 2. The van der Waals surface area contributed by atoms with Gasteiger partial charge in [-0.05, 0) is 30.7 Å². The maximum absolute atomic E-state index is 11.4. The molecular formula is C21H26Cl2NO+. The summed E-state index contributed by atoms with van der Waals surface area (Å²) < 4.78 is 0. The molecule has 2 aromatic rings. The minimum atomic E-state index is -0.669. The first-order valence-corrected chi connectivity index (χ1v) is 9.77. The van der Waals surface area contributed by atoms with Gasteiger partial charge in [-0.3, -0.25) is 0 Å². The van der Waals surface area contributed by atoms with E-state index in [4.69, 9.17) is 23.2 Å². The monoisotopic (exact) mass is 378 g/mol. The molecule has 4 heteroatoms. The first-order valence-electron chi connectivity index (χ1n) is 9.01. The summed E-state index contributed by atoms with van der Waals surface area (Å²) >= 11 is 12.1. The minimum Gasteiger partial charge on any atom is -0.389 e. The van der Waals surface area contributed by atoms with Gasteiger partial charge >= 0.3 is 0 Å². The van der Waals surface area contributed by atoms with E-state index >= 15 is 0 Å². The number of hydrogen-bond acceptors (Lipinski definition) is 1. The highest BCUT2D eigenvalue weighted by molar-refractivity contribution is 6.30. The Morgan fingerprint density at radius 3 is 2.04 bits per heavy atom. The maximum Gasteiger partial charge on any atom is 0.117 e. The lowest BCUT2D eigenvalue weighted by Crippen LogP contribution is -2.91. The van der Waals surface area contributed by atoms with E-state index in [0.717, 1.165) is 29.3 Å². The van der Waals surface area contributed by atoms with Gasteiger partial charge in [0.15, 0.2) is 0 Å². The van der Waals surface area contributed by atoms with Gasteiger partial charge in [0.1, 0.15) is 12.1 Å². The molecule has 1 fully saturated rings. The van der Waals surface area contributed by atoms with E-state index in [9.17, 15) is 5.11 Å². The number of rotatable bonds is 4. The summed E-state index contributed by atoms with van der Waals surface area (Å²) in [7, 11) is 0. The van der Waals surface area contributed by atoms with Crippen LogP contribution in [0.4, 0.5) is 0 Å². The molecular weight excluding hydrogens is 353 g/mol. The molecule has 4 atom stereocenters. The van der Waals surface area contributed by atoms with E-state index in [1.165, 1.54) is 11.1 Å². The Bertz CT molecular complexity index is 701. The Morgan fingerprint density at radius 1 is 1.00 bits per heavy atom. The first kappa shape index (κ1) is 18.7. The third kappa shape index (κ3) is 4.03. The number of halogens is 2. The molecule has 25 heavy (non-hydrogen) atoms. The van der Waals surface area contributed by atoms with Crippen molar-refractivity contribution in [2.75, 3.05) is 0 Å². The van der Waals surface area contributed by atoms with Crippen LogP contribution in [0, 0.1) is 5.92 Å². The summed E-state index contributed by atoms with van der Waals surface area (Å²) in [4.78, 5) is 0. The summed E-state index contributed by atoms with van der Waals surface area (Å²) in [5.41, 5.74) is 1.76. The minimum absolute atomic E-state index is 0.164. The van der Waals surface area contributed by atoms with Crippen LogP contribution in [0.5, 0.6) is 0 Å². The highest BCUT2D eigenvalue weighted by atomic mass is 35.5. The summed E-state index contributed by atoms with van der Waals surface area (Å²) in [5, 5.41) is 15.3. The van der Waals surface area contributed by atoms with Gasteiger partial charge in [-0.1, -0.05) is 67.7 Å². The van der Waals surface area contributed by atoms with Gasteiger partial charge in [0.2, 0.25) is 0 Å². The zero-order valence-electron chi connectivity index (χ0n) is 14.8. The molecule has 0 spiro atoms. The van der Waals surface area contributed by atoms with Crippen molar-refractivity contribution in [2.24, 2.45) is 5.92 Å². The van der Waals surface area contributed by atoms with Crippen LogP contribution in [-0.4, -0.2) is 10.7 Å². The SMILES string of the molecule is CCC[C@]1(O)C[C@H](c2ccc(Cl)cc2)[NH2+][C@H](c2ccc(Cl)cc2)[C@@H]1C. The topological polar surface area (TPSA) is 36.8 Å². The average Bonchev–Trinajstić information content (AvgIpc) is 2.59. The molecule has 0 aromatic heterocycles. The quantitative estimate of drug-likeness (QED) is 0.778. The van der Waals surface area contributed by atoms with E-state index < -0.39 is 5.60 Å². The molecule has 134 valence electrons. The van der Waals surface area contributed by atoms with Gasteiger partial charge in [-0.25, -0.2) is 0 Å². The fraction of sp³-hybridized carbons (Fsp3) is 0.429. The Hall–Kier alpha value is -1.06. The molecule has 0 unspecified atom stereocenters. The highest BCUT2D eigenvalue weighted by Crippen LogP contribution is 2.41. The summed E-state index contributed by atoms with van der Waals surface area (Å²) in [5.74, 6) is 0.164. The molecule has 0 amide bonds. The van der Waals surface area contributed by atoms with Crippen LogP contribution in [0.1, 0.15) is 56.3 Å². The second kappa shape index (κ2) is 7.67. The molecule has 0 bridgehead atoms. The highest BCUT2D eigenvalue weighted by Gasteiger charge is 2.48. The predicted octanol–water partition coefficient (Wildman–Crippen LogP) is 4.91. The molecule has 3 N–H and O–H groups in total. The van der Waals surface area contributed by atoms with Crippen molar-refractivity contribution in [2.45, 2.75) is 50.8 Å². The Kier molecular flexibility index (Phi) is 5.75. The van der Waals surface area contributed by atoms with Crippen molar-refractivity contribution in [3.05, 3.63) is 69.7 Å². The summed E-state index contributed by atoms with van der Waals surface area (Å²) in [6, 6.07) is 16.4. The van der Waals surface area contributed by atoms with E-state index in [0.29, 0.717) is 0 Å². The predicted molar refractivity (Wildman–Crippen MR) is 104 cm³/mol. The second-order valence-corrected chi connectivity index (χ2v) is 8.15. The molecule has 1 aliphatic rings. The first-order chi connectivity index (χ1) is 11.9. The molecule has 0 saturated carbocycles. The number of aliphatic hydroxyl groups is 1. The fourth-order valence-corrected chi connectivity index (χ4v) is 4.42. The third-order valence-electron chi connectivity index (χ3n) is 5.64. The van der Waals surface area contributed by atoms with Gasteiger partial charge in [0.25, 0.3) is 0 Å². The lowest BCUT2D eigenvalue weighted by atomic mass is 9.70. The van der Waals surface area contributed by atoms with Crippen LogP contribution in [0.2, 0.25) is 10.0 Å². The van der Waals surface area contributed by atoms with Gasteiger partial charge in [0, 0.05) is 33.5 Å². The van der Waals surface area contributed by atoms with Crippen molar-refractivity contribution in [3.63, 3.8) is 0 Å². The standard InChI is InChI=1S/C21H25Cl2NO/c1-3-12-21(25)13-19(15-4-8-17(22)9-5-15)24-20(14(21)2)16-6-10-18(23)11-7-16/h4-11,14,19-20,24-25H,3,12-13H2,1-2H3/p+1/t14-,19+,20-,21-/m0/s1. The Morgan fingerprint density at radius 2 is 1.52 bits per heavy atom. The van der Waals surface area contributed by atoms with E-state index in [-0.39, 0.29) is 18.0 Å². The molecule has 1 heterocycles. The molecule has 2 aromatic carbocycles. The van der Waals surface area contributed by atoms with Crippen molar-refractivity contribution < 1.29 is 10.4 Å². The van der Waals surface area contributed by atoms with Gasteiger partial charge < -0.3 is 10.4 Å². The smallest absolute Gasteiger partial charge is 0.117 e. The Balaban J connectivity index is 1.95. The van der Waals surface area contributed by atoms with Crippen molar-refractivity contribution >= 4 is 23.2 Å². The van der Waals surface area contributed by atoms with Crippen molar-refractivity contribution in [3.8, 4) is 0 Å². The van der Waals surface area contributed by atoms with E-state index in [1.54, 1.807) is 0 Å². The number of nitrogens with two attached hydrogens (primary N) is 1. The van der Waals surface area contributed by atoms with Crippen LogP contribution in [-0.2, 0) is 0 Å². The van der Waals surface area contributed by atoms with Gasteiger partial charge in [-0.2, -0.15) is 0 Å². The van der Waals surface area contributed by atoms with Crippen LogP contribution in [0.15, 0.2) is 48.5 Å². The van der Waals surface area contributed by atoms with Crippen LogP contribution >= 0.6 is 23.2 Å². The number of quaternary nitrogens is 1. The molecule has 3 rings (SSSR count). The lowest BCUT2D eigenvalue weighted by Gasteiger charge is -2.45. The summed E-state index contributed by atoms with van der Waals surface area (Å²) in [6.07, 6.45) is 2.55. The number of hydrogen-bond donors (Lipinski definition) is 2. The zero-order valence-corrected chi connectivity index (χ0v) is 16.3. The third-order valence-corrected chi connectivity index (χ3v) is 6.14. The van der Waals surface area contributed by atoms with Crippen molar-refractivity contribution in [1.29, 1.82) is 0 Å². The van der Waals surface area contributed by atoms with E-state index in [1.807, 2.05) is 24.3 Å².